The topological polar surface area (TPSA) is 105 Å². The minimum atomic E-state index is -4.30. The van der Waals surface area contributed by atoms with Crippen molar-refractivity contribution in [1.29, 1.82) is 0 Å². The van der Waals surface area contributed by atoms with Crippen LogP contribution in [0.5, 0.6) is 11.5 Å². The van der Waals surface area contributed by atoms with Crippen molar-refractivity contribution in [1.82, 2.24) is 10.2 Å². The van der Waals surface area contributed by atoms with E-state index < -0.39 is 28.5 Å². The number of rotatable bonds is 16. The molecule has 0 unspecified atom stereocenters. The van der Waals surface area contributed by atoms with E-state index in [1.54, 1.807) is 30.3 Å². The molecule has 248 valence electrons. The highest BCUT2D eigenvalue weighted by Gasteiger charge is 2.35. The highest BCUT2D eigenvalue weighted by molar-refractivity contribution is 9.10. The van der Waals surface area contributed by atoms with Crippen LogP contribution in [0.25, 0.3) is 0 Å². The van der Waals surface area contributed by atoms with Gasteiger partial charge in [0.25, 0.3) is 10.0 Å². The van der Waals surface area contributed by atoms with E-state index in [1.807, 2.05) is 61.5 Å². The molecule has 47 heavy (non-hydrogen) atoms. The van der Waals surface area contributed by atoms with Gasteiger partial charge in [-0.1, -0.05) is 89.9 Å². The summed E-state index contributed by atoms with van der Waals surface area (Å²) in [4.78, 5) is 29.8. The Kier molecular flexibility index (Phi) is 12.8. The molecule has 0 bridgehead atoms. The van der Waals surface area contributed by atoms with Crippen LogP contribution in [0.15, 0.2) is 112 Å². The second-order valence-electron chi connectivity index (χ2n) is 10.9. The van der Waals surface area contributed by atoms with Crippen molar-refractivity contribution >= 4 is 43.5 Å². The highest BCUT2D eigenvalue weighted by Crippen LogP contribution is 2.32. The van der Waals surface area contributed by atoms with Gasteiger partial charge in [-0.3, -0.25) is 13.9 Å². The second kappa shape index (κ2) is 17.0. The molecule has 4 rings (SSSR count). The third-order valence-electron chi connectivity index (χ3n) is 7.63. The Morgan fingerprint density at radius 3 is 2.09 bits per heavy atom. The Bertz CT molecular complexity index is 1720. The highest BCUT2D eigenvalue weighted by atomic mass is 79.9. The number of hydrogen-bond donors (Lipinski definition) is 1. The summed E-state index contributed by atoms with van der Waals surface area (Å²) in [6.07, 6.45) is 1.93. The first-order valence-electron chi connectivity index (χ1n) is 15.3. The summed E-state index contributed by atoms with van der Waals surface area (Å²) < 4.78 is 41.2. The van der Waals surface area contributed by atoms with Crippen LogP contribution in [-0.4, -0.2) is 58.5 Å². The van der Waals surface area contributed by atoms with Gasteiger partial charge >= 0.3 is 0 Å². The molecule has 0 aliphatic heterocycles. The normalized spacial score (nSPS) is 11.7. The average molecular weight is 723 g/mol. The first-order chi connectivity index (χ1) is 22.7. The summed E-state index contributed by atoms with van der Waals surface area (Å²) in [6, 6.07) is 28.8. The number of unbranched alkanes of at least 4 members (excludes halogenated alkanes) is 1. The first kappa shape index (κ1) is 35.5. The van der Waals surface area contributed by atoms with Crippen molar-refractivity contribution in [2.24, 2.45) is 0 Å². The number of nitrogens with zero attached hydrogens (tertiary/aromatic N) is 2. The molecular formula is C36H40BrN3O6S. The Hall–Kier alpha value is -4.35. The zero-order valence-corrected chi connectivity index (χ0v) is 29.2. The molecule has 0 heterocycles. The van der Waals surface area contributed by atoms with Gasteiger partial charge < -0.3 is 19.7 Å². The van der Waals surface area contributed by atoms with Crippen molar-refractivity contribution < 1.29 is 27.5 Å². The SMILES string of the molecule is CCCCNC(=O)[C@H](Cc1ccccc1)N(Cc1ccc(Br)cc1)C(=O)CN(c1ccccc1)S(=O)(=O)c1ccc(OC)c(OC)c1. The zero-order chi connectivity index (χ0) is 33.8. The van der Waals surface area contributed by atoms with Crippen molar-refractivity contribution in [3.05, 3.63) is 119 Å². The fraction of sp³-hybridized carbons (Fsp3) is 0.278. The number of amides is 2. The fourth-order valence-corrected chi connectivity index (χ4v) is 6.77. The molecule has 0 spiro atoms. The van der Waals surface area contributed by atoms with Gasteiger partial charge in [-0.05, 0) is 53.9 Å². The van der Waals surface area contributed by atoms with Crippen molar-refractivity contribution in [2.75, 3.05) is 31.6 Å². The Morgan fingerprint density at radius 2 is 1.47 bits per heavy atom. The summed E-state index contributed by atoms with van der Waals surface area (Å²) >= 11 is 3.46. The lowest BCUT2D eigenvalue weighted by molar-refractivity contribution is -0.140. The number of halogens is 1. The average Bonchev–Trinajstić information content (AvgIpc) is 3.09. The number of sulfonamides is 1. The summed E-state index contributed by atoms with van der Waals surface area (Å²) in [5.74, 6) is -0.238. The van der Waals surface area contributed by atoms with Crippen LogP contribution in [0.2, 0.25) is 0 Å². The van der Waals surface area contributed by atoms with Gasteiger partial charge in [0.1, 0.15) is 12.6 Å². The fourth-order valence-electron chi connectivity index (χ4n) is 5.07. The molecule has 0 aromatic heterocycles. The molecule has 11 heteroatoms. The lowest BCUT2D eigenvalue weighted by Gasteiger charge is -2.34. The van der Waals surface area contributed by atoms with Gasteiger partial charge in [-0.2, -0.15) is 0 Å². The Labute approximate surface area is 285 Å². The number of ether oxygens (including phenoxy) is 2. The van der Waals surface area contributed by atoms with E-state index in [2.05, 4.69) is 21.2 Å². The quantitative estimate of drug-likeness (QED) is 0.138. The predicted octanol–water partition coefficient (Wildman–Crippen LogP) is 6.22. The second-order valence-corrected chi connectivity index (χ2v) is 13.6. The maximum atomic E-state index is 14.6. The van der Waals surface area contributed by atoms with Gasteiger partial charge in [0.2, 0.25) is 11.8 Å². The van der Waals surface area contributed by atoms with Gasteiger partial charge in [0, 0.05) is 30.0 Å². The molecular weight excluding hydrogens is 682 g/mol. The number of carbonyl (C=O) groups excluding carboxylic acids is 2. The van der Waals surface area contributed by atoms with Crippen LogP contribution in [0.1, 0.15) is 30.9 Å². The zero-order valence-electron chi connectivity index (χ0n) is 26.8. The van der Waals surface area contributed by atoms with Crippen LogP contribution in [0, 0.1) is 0 Å². The molecule has 4 aromatic carbocycles. The van der Waals surface area contributed by atoms with E-state index in [-0.39, 0.29) is 29.5 Å². The number of carbonyl (C=O) groups is 2. The van der Waals surface area contributed by atoms with E-state index in [9.17, 15) is 18.0 Å². The van der Waals surface area contributed by atoms with Gasteiger partial charge in [-0.15, -0.1) is 0 Å². The van der Waals surface area contributed by atoms with Gasteiger partial charge in [0.05, 0.1) is 24.8 Å². The molecule has 1 atom stereocenters. The van der Waals surface area contributed by atoms with E-state index in [0.717, 1.165) is 32.7 Å². The lowest BCUT2D eigenvalue weighted by Crippen LogP contribution is -2.53. The third kappa shape index (κ3) is 9.36. The maximum absolute atomic E-state index is 14.6. The van der Waals surface area contributed by atoms with Crippen molar-refractivity contribution in [3.63, 3.8) is 0 Å². The number of nitrogens with one attached hydrogen (secondary N) is 1. The van der Waals surface area contributed by atoms with Crippen LogP contribution in [0.3, 0.4) is 0 Å². The number of benzene rings is 4. The third-order valence-corrected chi connectivity index (χ3v) is 9.93. The van der Waals surface area contributed by atoms with E-state index in [0.29, 0.717) is 18.0 Å². The molecule has 0 aliphatic carbocycles. The Balaban J connectivity index is 1.79. The largest absolute Gasteiger partial charge is 0.493 e. The molecule has 4 aromatic rings. The van der Waals surface area contributed by atoms with Crippen molar-refractivity contribution in [2.45, 2.75) is 43.7 Å². The van der Waals surface area contributed by atoms with E-state index in [4.69, 9.17) is 9.47 Å². The van der Waals surface area contributed by atoms with E-state index >= 15 is 0 Å². The number of methoxy groups -OCH3 is 2. The molecule has 0 saturated carbocycles. The number of para-hydroxylation sites is 1. The smallest absolute Gasteiger partial charge is 0.264 e. The summed E-state index contributed by atoms with van der Waals surface area (Å²) in [6.45, 7) is 2.04. The lowest BCUT2D eigenvalue weighted by atomic mass is 10.0. The number of hydrogen-bond acceptors (Lipinski definition) is 6. The van der Waals surface area contributed by atoms with Crippen LogP contribution < -0.4 is 19.1 Å². The van der Waals surface area contributed by atoms with Gasteiger partial charge in [0.15, 0.2) is 11.5 Å². The minimum absolute atomic E-state index is 0.0793. The molecule has 2 amide bonds. The Morgan fingerprint density at radius 1 is 0.830 bits per heavy atom. The molecule has 0 fully saturated rings. The maximum Gasteiger partial charge on any atom is 0.264 e. The predicted molar refractivity (Wildman–Crippen MR) is 187 cm³/mol. The molecule has 0 radical (unpaired) electrons. The molecule has 0 aliphatic rings. The number of anilines is 1. The molecule has 9 nitrogen and oxygen atoms in total. The molecule has 0 saturated heterocycles. The van der Waals surface area contributed by atoms with Crippen LogP contribution in [-0.2, 0) is 32.6 Å². The van der Waals surface area contributed by atoms with Crippen LogP contribution >= 0.6 is 15.9 Å². The standard InChI is InChI=1S/C36H40BrN3O6S/c1-4-5-22-38-36(42)32(23-27-12-8-6-9-13-27)39(25-28-16-18-29(37)19-17-28)35(41)26-40(30-14-10-7-11-15-30)47(43,44)31-20-21-33(45-2)34(24-31)46-3/h6-21,24,32H,4-5,22-23,25-26H2,1-3H3,(H,38,42)/t32-/m0/s1. The summed E-state index contributed by atoms with van der Waals surface area (Å²) in [5, 5.41) is 3.00. The van der Waals surface area contributed by atoms with Crippen LogP contribution in [0.4, 0.5) is 5.69 Å². The van der Waals surface area contributed by atoms with Gasteiger partial charge in [-0.25, -0.2) is 8.42 Å². The first-order valence-corrected chi connectivity index (χ1v) is 17.6. The summed E-state index contributed by atoms with van der Waals surface area (Å²) in [5.41, 5.74) is 1.95. The van der Waals surface area contributed by atoms with Crippen molar-refractivity contribution in [3.8, 4) is 11.5 Å². The molecule has 1 N–H and O–H groups in total. The van der Waals surface area contributed by atoms with E-state index in [1.165, 1.54) is 37.3 Å². The minimum Gasteiger partial charge on any atom is -0.493 e. The summed E-state index contributed by atoms with van der Waals surface area (Å²) in [7, 11) is -1.41. The monoisotopic (exact) mass is 721 g/mol.